The van der Waals surface area contributed by atoms with Crippen LogP contribution < -0.4 is 15.0 Å². The normalized spacial score (nSPS) is 16.5. The maximum Gasteiger partial charge on any atom is 0.416 e. The van der Waals surface area contributed by atoms with Gasteiger partial charge in [-0.25, -0.2) is 4.79 Å². The molecule has 0 saturated heterocycles. The maximum atomic E-state index is 13.3. The monoisotopic (exact) mass is 480 g/mol. The molecule has 0 aromatic heterocycles. The Morgan fingerprint density at radius 3 is 2.52 bits per heavy atom. The molecule has 6 nitrogen and oxygen atoms in total. The molecule has 0 fully saturated rings. The van der Waals surface area contributed by atoms with Crippen LogP contribution >= 0.6 is 12.2 Å². The number of nitrogens with zero attached hydrogens (tertiary/aromatic N) is 1. The van der Waals surface area contributed by atoms with Crippen molar-refractivity contribution in [2.75, 3.05) is 32.3 Å². The van der Waals surface area contributed by atoms with Crippen LogP contribution in [0.5, 0.6) is 5.75 Å². The summed E-state index contributed by atoms with van der Waals surface area (Å²) in [5, 5.41) is 3.22. The highest BCUT2D eigenvalue weighted by atomic mass is 32.1. The van der Waals surface area contributed by atoms with Crippen molar-refractivity contribution in [3.8, 4) is 5.75 Å². The molecule has 1 heterocycles. The lowest BCUT2D eigenvalue weighted by Gasteiger charge is -2.37. The minimum Gasteiger partial charge on any atom is -0.497 e. The van der Waals surface area contributed by atoms with Gasteiger partial charge in [0.2, 0.25) is 0 Å². The number of ether oxygens (including phenoxy) is 3. The van der Waals surface area contributed by atoms with Crippen molar-refractivity contribution in [3.63, 3.8) is 0 Å². The predicted octanol–water partition coefficient (Wildman–Crippen LogP) is 4.61. The lowest BCUT2D eigenvalue weighted by Crippen LogP contribution is -2.48. The number of benzene rings is 2. The third-order valence-electron chi connectivity index (χ3n) is 5.08. The average molecular weight is 481 g/mol. The van der Waals surface area contributed by atoms with E-state index in [0.29, 0.717) is 17.0 Å². The lowest BCUT2D eigenvalue weighted by molar-refractivity contribution is -0.141. The maximum absolute atomic E-state index is 13.3. The summed E-state index contributed by atoms with van der Waals surface area (Å²) >= 11 is 5.50. The summed E-state index contributed by atoms with van der Waals surface area (Å²) in [6, 6.07) is 11.1. The van der Waals surface area contributed by atoms with Crippen LogP contribution in [0.4, 0.5) is 18.9 Å². The highest BCUT2D eigenvalue weighted by Gasteiger charge is 2.37. The van der Waals surface area contributed by atoms with E-state index in [0.717, 1.165) is 12.1 Å². The first kappa shape index (κ1) is 24.5. The van der Waals surface area contributed by atoms with Crippen molar-refractivity contribution in [3.05, 3.63) is 70.9 Å². The first-order chi connectivity index (χ1) is 15.7. The summed E-state index contributed by atoms with van der Waals surface area (Å²) < 4.78 is 55.4. The third-order valence-corrected chi connectivity index (χ3v) is 5.38. The van der Waals surface area contributed by atoms with Gasteiger partial charge in [-0.2, -0.15) is 13.2 Å². The van der Waals surface area contributed by atoms with Crippen molar-refractivity contribution in [1.82, 2.24) is 5.32 Å². The molecule has 0 bridgehead atoms. The smallest absolute Gasteiger partial charge is 0.416 e. The van der Waals surface area contributed by atoms with Crippen LogP contribution in [0.3, 0.4) is 0 Å². The minimum absolute atomic E-state index is 0.0188. The number of hydrogen-bond acceptors (Lipinski definition) is 5. The second kappa shape index (κ2) is 10.2. The van der Waals surface area contributed by atoms with Gasteiger partial charge in [0.15, 0.2) is 5.11 Å². The Kier molecular flexibility index (Phi) is 7.60. The van der Waals surface area contributed by atoms with E-state index in [1.54, 1.807) is 31.2 Å². The molecule has 1 N–H and O–H groups in total. The number of esters is 1. The summed E-state index contributed by atoms with van der Waals surface area (Å²) in [6.07, 6.45) is -4.52. The molecule has 2 aromatic carbocycles. The quantitative estimate of drug-likeness (QED) is 0.353. The van der Waals surface area contributed by atoms with Gasteiger partial charge in [-0.3, -0.25) is 4.90 Å². The fraction of sp³-hybridized carbons (Fsp3) is 0.304. The van der Waals surface area contributed by atoms with Crippen molar-refractivity contribution in [1.29, 1.82) is 0 Å². The molecule has 0 aliphatic carbocycles. The van der Waals surface area contributed by atoms with E-state index in [-0.39, 0.29) is 29.6 Å². The molecule has 0 saturated carbocycles. The summed E-state index contributed by atoms with van der Waals surface area (Å²) in [5.74, 6) is -0.0605. The first-order valence-corrected chi connectivity index (χ1v) is 10.4. The Morgan fingerprint density at radius 1 is 1.12 bits per heavy atom. The molecule has 33 heavy (non-hydrogen) atoms. The van der Waals surface area contributed by atoms with Gasteiger partial charge < -0.3 is 19.5 Å². The zero-order chi connectivity index (χ0) is 24.2. The number of carbonyl (C=O) groups excluding carboxylic acids is 1. The number of carbonyl (C=O) groups is 1. The van der Waals surface area contributed by atoms with Crippen molar-refractivity contribution in [2.45, 2.75) is 19.1 Å². The molecule has 3 rings (SSSR count). The molecule has 0 spiro atoms. The zero-order valence-corrected chi connectivity index (χ0v) is 19.0. The van der Waals surface area contributed by atoms with E-state index in [2.05, 4.69) is 5.32 Å². The summed E-state index contributed by atoms with van der Waals surface area (Å²) in [5.41, 5.74) is 0.595. The van der Waals surface area contributed by atoms with Crippen molar-refractivity contribution in [2.24, 2.45) is 0 Å². The van der Waals surface area contributed by atoms with E-state index in [1.165, 1.54) is 31.3 Å². The summed E-state index contributed by atoms with van der Waals surface area (Å²) in [4.78, 5) is 14.5. The number of hydrogen-bond donors (Lipinski definition) is 1. The molecular weight excluding hydrogens is 457 g/mol. The summed E-state index contributed by atoms with van der Waals surface area (Å²) in [6.45, 7) is 1.84. The number of alkyl halides is 3. The molecule has 0 radical (unpaired) electrons. The van der Waals surface area contributed by atoms with Gasteiger partial charge in [0.1, 0.15) is 12.4 Å². The molecular formula is C23H23F3N2O4S. The first-order valence-electron chi connectivity index (χ1n) is 9.96. The Balaban J connectivity index is 2.10. The number of allylic oxidation sites excluding steroid dienone is 1. The zero-order valence-electron chi connectivity index (χ0n) is 18.2. The fourth-order valence-electron chi connectivity index (χ4n) is 3.51. The van der Waals surface area contributed by atoms with Crippen LogP contribution in [0.15, 0.2) is 59.8 Å². The molecule has 1 unspecified atom stereocenters. The van der Waals surface area contributed by atoms with Crippen LogP contribution in [-0.2, 0) is 20.4 Å². The molecule has 10 heteroatoms. The molecule has 2 aromatic rings. The highest BCUT2D eigenvalue weighted by molar-refractivity contribution is 7.80. The van der Waals surface area contributed by atoms with Gasteiger partial charge in [-0.15, -0.1) is 0 Å². The van der Waals surface area contributed by atoms with Gasteiger partial charge >= 0.3 is 12.1 Å². The van der Waals surface area contributed by atoms with Gasteiger partial charge in [0.05, 0.1) is 30.9 Å². The van der Waals surface area contributed by atoms with Crippen molar-refractivity contribution < 1.29 is 32.2 Å². The van der Waals surface area contributed by atoms with E-state index < -0.39 is 23.8 Å². The minimum atomic E-state index is -4.52. The number of thiocarbonyl (C=S) groups is 1. The fourth-order valence-corrected chi connectivity index (χ4v) is 3.87. The number of methoxy groups -OCH3 is 2. The second-order valence-electron chi connectivity index (χ2n) is 7.17. The van der Waals surface area contributed by atoms with E-state index in [4.69, 9.17) is 26.4 Å². The molecule has 1 aliphatic heterocycles. The third kappa shape index (κ3) is 5.45. The largest absolute Gasteiger partial charge is 0.497 e. The van der Waals surface area contributed by atoms with E-state index >= 15 is 0 Å². The molecule has 0 amide bonds. The van der Waals surface area contributed by atoms with Crippen LogP contribution in [0, 0.1) is 0 Å². The summed E-state index contributed by atoms with van der Waals surface area (Å²) in [7, 11) is 3.00. The Hall–Kier alpha value is -3.11. The highest BCUT2D eigenvalue weighted by Crippen LogP contribution is 2.37. The van der Waals surface area contributed by atoms with Crippen LogP contribution in [0.25, 0.3) is 0 Å². The van der Waals surface area contributed by atoms with Crippen LogP contribution in [-0.4, -0.2) is 38.5 Å². The lowest BCUT2D eigenvalue weighted by atomic mass is 9.94. The van der Waals surface area contributed by atoms with E-state index in [1.807, 2.05) is 0 Å². The molecule has 1 atom stereocenters. The molecule has 176 valence electrons. The van der Waals surface area contributed by atoms with Crippen molar-refractivity contribution >= 4 is 29.0 Å². The number of halogens is 3. The van der Waals surface area contributed by atoms with Gasteiger partial charge in [0, 0.05) is 18.5 Å². The van der Waals surface area contributed by atoms with Crippen LogP contribution in [0.2, 0.25) is 0 Å². The topological polar surface area (TPSA) is 60.0 Å². The molecule has 1 aliphatic rings. The number of rotatable bonds is 7. The van der Waals surface area contributed by atoms with Gasteiger partial charge in [-0.1, -0.05) is 18.2 Å². The standard InChI is InChI=1S/C23H23F3N2O4S/c1-14-19(21(29)32-11-10-30-2)20(15-6-4-9-18(12-15)31-3)27-22(33)28(14)17-8-5-7-16(13-17)23(24,25)26/h4-9,12-13,20H,10-11H2,1-3H3,(H,27,33). The Morgan fingerprint density at radius 2 is 1.85 bits per heavy atom. The van der Waals surface area contributed by atoms with Crippen LogP contribution in [0.1, 0.15) is 24.1 Å². The van der Waals surface area contributed by atoms with Gasteiger partial charge in [0.25, 0.3) is 0 Å². The Bertz CT molecular complexity index is 1070. The Labute approximate surface area is 194 Å². The number of nitrogens with one attached hydrogen (secondary N) is 1. The SMILES string of the molecule is COCCOC(=O)C1=C(C)N(c2cccc(C(F)(F)F)c2)C(=S)NC1c1cccc(OC)c1. The van der Waals surface area contributed by atoms with E-state index in [9.17, 15) is 18.0 Å². The number of anilines is 1. The average Bonchev–Trinajstić information content (AvgIpc) is 2.78. The van der Waals surface area contributed by atoms with Gasteiger partial charge in [-0.05, 0) is 55.0 Å². The second-order valence-corrected chi connectivity index (χ2v) is 7.56. The predicted molar refractivity (Wildman–Crippen MR) is 121 cm³/mol.